The molecule has 3 rings (SSSR count). The number of anilines is 1. The summed E-state index contributed by atoms with van der Waals surface area (Å²) in [5.74, 6) is -2.75. The minimum Gasteiger partial charge on any atom is -0.465 e. The van der Waals surface area contributed by atoms with Crippen LogP contribution in [0.25, 0.3) is 0 Å². The summed E-state index contributed by atoms with van der Waals surface area (Å²) in [5, 5.41) is 0. The highest BCUT2D eigenvalue weighted by Crippen LogP contribution is 2.41. The van der Waals surface area contributed by atoms with E-state index in [1.54, 1.807) is 24.8 Å². The lowest BCUT2D eigenvalue weighted by atomic mass is 9.80. The largest absolute Gasteiger partial charge is 0.465 e. The molecule has 31 heavy (non-hydrogen) atoms. The summed E-state index contributed by atoms with van der Waals surface area (Å²) < 4.78 is 15.8. The third-order valence-electron chi connectivity index (χ3n) is 5.20. The minimum atomic E-state index is -1.08. The standard InChI is InChI=1S/C24H27NO6/c1-3-29-22(26)21(23(27)30-4-2)19-14-15-25(20-13-9-8-12-18(19)20)24(28)31-16-17-10-6-5-7-11-17/h5-13,19,21H,3-4,14-16H2,1-2H3/t19-/m0/s1. The molecule has 0 bridgehead atoms. The third kappa shape index (κ3) is 5.23. The molecule has 0 aliphatic carbocycles. The monoisotopic (exact) mass is 425 g/mol. The van der Waals surface area contributed by atoms with Crippen molar-refractivity contribution in [1.29, 1.82) is 0 Å². The second-order valence-corrected chi connectivity index (χ2v) is 7.13. The number of esters is 2. The van der Waals surface area contributed by atoms with Crippen LogP contribution in [0.2, 0.25) is 0 Å². The zero-order valence-electron chi connectivity index (χ0n) is 17.8. The van der Waals surface area contributed by atoms with Crippen molar-refractivity contribution in [3.63, 3.8) is 0 Å². The van der Waals surface area contributed by atoms with Crippen molar-refractivity contribution in [2.24, 2.45) is 5.92 Å². The minimum absolute atomic E-state index is 0.163. The van der Waals surface area contributed by atoms with Gasteiger partial charge in [0.05, 0.1) is 18.9 Å². The molecule has 7 nitrogen and oxygen atoms in total. The molecule has 0 aromatic heterocycles. The van der Waals surface area contributed by atoms with Crippen molar-refractivity contribution in [1.82, 2.24) is 0 Å². The quantitative estimate of drug-likeness (QED) is 0.378. The van der Waals surface area contributed by atoms with Crippen LogP contribution in [-0.2, 0) is 30.4 Å². The Kier molecular flexibility index (Phi) is 7.65. The van der Waals surface area contributed by atoms with Gasteiger partial charge in [-0.05, 0) is 37.5 Å². The molecular formula is C24H27NO6. The Balaban J connectivity index is 1.83. The Morgan fingerprint density at radius 2 is 1.52 bits per heavy atom. The van der Waals surface area contributed by atoms with Crippen LogP contribution in [0.4, 0.5) is 10.5 Å². The van der Waals surface area contributed by atoms with Gasteiger partial charge in [-0.2, -0.15) is 0 Å². The molecule has 1 heterocycles. The van der Waals surface area contributed by atoms with E-state index in [1.807, 2.05) is 48.5 Å². The molecule has 1 amide bonds. The highest BCUT2D eigenvalue weighted by Gasteiger charge is 2.42. The first-order chi connectivity index (χ1) is 15.1. The fourth-order valence-electron chi connectivity index (χ4n) is 3.81. The van der Waals surface area contributed by atoms with Crippen molar-refractivity contribution < 1.29 is 28.6 Å². The van der Waals surface area contributed by atoms with Gasteiger partial charge in [0.15, 0.2) is 5.92 Å². The summed E-state index contributed by atoms with van der Waals surface area (Å²) >= 11 is 0. The summed E-state index contributed by atoms with van der Waals surface area (Å²) in [4.78, 5) is 39.6. The number of benzene rings is 2. The van der Waals surface area contributed by atoms with Crippen molar-refractivity contribution in [3.05, 3.63) is 65.7 Å². The lowest BCUT2D eigenvalue weighted by Gasteiger charge is -2.35. The Morgan fingerprint density at radius 1 is 0.903 bits per heavy atom. The normalized spacial score (nSPS) is 15.2. The topological polar surface area (TPSA) is 82.1 Å². The number of rotatable bonds is 7. The second kappa shape index (κ2) is 10.6. The van der Waals surface area contributed by atoms with Gasteiger partial charge in [0.2, 0.25) is 0 Å². The van der Waals surface area contributed by atoms with Gasteiger partial charge in [0.1, 0.15) is 6.61 Å². The molecule has 1 aliphatic heterocycles. The van der Waals surface area contributed by atoms with E-state index in [9.17, 15) is 14.4 Å². The van der Waals surface area contributed by atoms with Crippen LogP contribution < -0.4 is 4.90 Å². The van der Waals surface area contributed by atoms with E-state index in [0.29, 0.717) is 18.7 Å². The second-order valence-electron chi connectivity index (χ2n) is 7.13. The van der Waals surface area contributed by atoms with Gasteiger partial charge in [-0.3, -0.25) is 14.5 Å². The first kappa shape index (κ1) is 22.3. The number of hydrogen-bond acceptors (Lipinski definition) is 6. The molecular weight excluding hydrogens is 398 g/mol. The molecule has 0 saturated heterocycles. The molecule has 2 aromatic rings. The van der Waals surface area contributed by atoms with Crippen molar-refractivity contribution in [2.45, 2.75) is 32.8 Å². The average molecular weight is 425 g/mol. The molecule has 1 atom stereocenters. The number of ether oxygens (including phenoxy) is 3. The fourth-order valence-corrected chi connectivity index (χ4v) is 3.81. The summed E-state index contributed by atoms with van der Waals surface area (Å²) in [5.41, 5.74) is 2.23. The SMILES string of the molecule is CCOC(=O)C(C(=O)OCC)[C@H]1CCN(C(=O)OCc2ccccc2)c2ccccc21. The molecule has 0 saturated carbocycles. The van der Waals surface area contributed by atoms with Gasteiger partial charge in [0, 0.05) is 12.5 Å². The van der Waals surface area contributed by atoms with Crippen LogP contribution in [-0.4, -0.2) is 37.8 Å². The first-order valence-corrected chi connectivity index (χ1v) is 10.5. The predicted molar refractivity (Wildman–Crippen MR) is 115 cm³/mol. The van der Waals surface area contributed by atoms with Crippen LogP contribution in [0.5, 0.6) is 0 Å². The van der Waals surface area contributed by atoms with Crippen LogP contribution in [0.1, 0.15) is 37.3 Å². The molecule has 0 N–H and O–H groups in total. The van der Waals surface area contributed by atoms with E-state index < -0.39 is 29.9 Å². The van der Waals surface area contributed by atoms with Crippen LogP contribution in [0.3, 0.4) is 0 Å². The van der Waals surface area contributed by atoms with Gasteiger partial charge in [-0.1, -0.05) is 48.5 Å². The maximum absolute atomic E-state index is 12.8. The number of hydrogen-bond donors (Lipinski definition) is 0. The first-order valence-electron chi connectivity index (χ1n) is 10.5. The van der Waals surface area contributed by atoms with Crippen molar-refractivity contribution >= 4 is 23.7 Å². The van der Waals surface area contributed by atoms with Gasteiger partial charge >= 0.3 is 18.0 Å². The Hall–Kier alpha value is -3.35. The third-order valence-corrected chi connectivity index (χ3v) is 5.20. The zero-order chi connectivity index (χ0) is 22.2. The van der Waals surface area contributed by atoms with E-state index in [1.165, 1.54) is 0 Å². The number of para-hydroxylation sites is 1. The summed E-state index contributed by atoms with van der Waals surface area (Å²) in [6.45, 7) is 4.20. The van der Waals surface area contributed by atoms with E-state index in [0.717, 1.165) is 11.1 Å². The molecule has 0 fully saturated rings. The average Bonchev–Trinajstić information content (AvgIpc) is 2.79. The molecule has 0 unspecified atom stereocenters. The van der Waals surface area contributed by atoms with Gasteiger partial charge in [0.25, 0.3) is 0 Å². The summed E-state index contributed by atoms with van der Waals surface area (Å²) in [7, 11) is 0. The van der Waals surface area contributed by atoms with Gasteiger partial charge < -0.3 is 14.2 Å². The molecule has 0 radical (unpaired) electrons. The lowest BCUT2D eigenvalue weighted by Crippen LogP contribution is -2.42. The van der Waals surface area contributed by atoms with Crippen LogP contribution >= 0.6 is 0 Å². The Bertz CT molecular complexity index is 895. The number of carbonyl (C=O) groups is 3. The highest BCUT2D eigenvalue weighted by atomic mass is 16.6. The predicted octanol–water partition coefficient (Wildman–Crippen LogP) is 4.06. The highest BCUT2D eigenvalue weighted by molar-refractivity contribution is 5.97. The van der Waals surface area contributed by atoms with Gasteiger partial charge in [-0.15, -0.1) is 0 Å². The molecule has 1 aliphatic rings. The smallest absolute Gasteiger partial charge is 0.414 e. The summed E-state index contributed by atoms with van der Waals surface area (Å²) in [6.07, 6.45) is -0.0710. The van der Waals surface area contributed by atoms with E-state index in [-0.39, 0.29) is 19.8 Å². The van der Waals surface area contributed by atoms with Crippen LogP contribution in [0, 0.1) is 5.92 Å². The Morgan fingerprint density at radius 3 is 2.16 bits per heavy atom. The number of nitrogens with zero attached hydrogens (tertiary/aromatic N) is 1. The van der Waals surface area contributed by atoms with Crippen LogP contribution in [0.15, 0.2) is 54.6 Å². The summed E-state index contributed by atoms with van der Waals surface area (Å²) in [6, 6.07) is 16.7. The molecule has 164 valence electrons. The number of fused-ring (bicyclic) bond motifs is 1. The van der Waals surface area contributed by atoms with E-state index >= 15 is 0 Å². The Labute approximate surface area is 181 Å². The molecule has 0 spiro atoms. The molecule has 7 heteroatoms. The zero-order valence-corrected chi connectivity index (χ0v) is 17.8. The van der Waals surface area contributed by atoms with E-state index in [4.69, 9.17) is 14.2 Å². The molecule has 2 aromatic carbocycles. The lowest BCUT2D eigenvalue weighted by molar-refractivity contribution is -0.162. The maximum atomic E-state index is 12.8. The van der Waals surface area contributed by atoms with Crippen molar-refractivity contribution in [3.8, 4) is 0 Å². The maximum Gasteiger partial charge on any atom is 0.414 e. The fraction of sp³-hybridized carbons (Fsp3) is 0.375. The number of amides is 1. The van der Waals surface area contributed by atoms with E-state index in [2.05, 4.69) is 0 Å². The number of carbonyl (C=O) groups excluding carboxylic acids is 3. The van der Waals surface area contributed by atoms with Gasteiger partial charge in [-0.25, -0.2) is 4.79 Å². The van der Waals surface area contributed by atoms with Crippen molar-refractivity contribution in [2.75, 3.05) is 24.7 Å².